The number of thioether (sulfide) groups is 1. The molecule has 1 aromatic rings. The van der Waals surface area contributed by atoms with E-state index in [4.69, 9.17) is 0 Å². The van der Waals surface area contributed by atoms with Crippen molar-refractivity contribution in [3.05, 3.63) is 35.6 Å². The first kappa shape index (κ1) is 11.9. The molecule has 0 amide bonds. The molecule has 1 aromatic carbocycles. The Morgan fingerprint density at radius 1 is 1.44 bits per heavy atom. The predicted octanol–water partition coefficient (Wildman–Crippen LogP) is 3.37. The summed E-state index contributed by atoms with van der Waals surface area (Å²) in [5.41, 5.74) is 0.806. The molecule has 1 aliphatic rings. The highest BCUT2D eigenvalue weighted by Gasteiger charge is 2.29. The Morgan fingerprint density at radius 3 is 2.88 bits per heavy atom. The van der Waals surface area contributed by atoms with Crippen molar-refractivity contribution in [1.82, 2.24) is 5.32 Å². The normalized spacial score (nSPS) is 30.3. The summed E-state index contributed by atoms with van der Waals surface area (Å²) >= 11 is 1.93. The molecular formula is C13H18FNS. The lowest BCUT2D eigenvalue weighted by molar-refractivity contribution is 0.419. The summed E-state index contributed by atoms with van der Waals surface area (Å²) in [5.74, 6) is 1.03. The van der Waals surface area contributed by atoms with Crippen molar-refractivity contribution >= 4 is 11.8 Å². The number of halogens is 1. The van der Waals surface area contributed by atoms with Gasteiger partial charge in [0, 0.05) is 28.6 Å². The Morgan fingerprint density at radius 2 is 2.19 bits per heavy atom. The first-order chi connectivity index (χ1) is 7.72. The molecule has 0 aliphatic carbocycles. The molecule has 3 unspecified atom stereocenters. The van der Waals surface area contributed by atoms with Crippen molar-refractivity contribution in [1.29, 1.82) is 0 Å². The SMILES string of the molecule is CCC1CSC(C)C(c2ccccc2F)N1. The standard InChI is InChI=1S/C13H18FNS/c1-3-10-8-16-9(2)13(15-10)11-6-4-5-7-12(11)14/h4-7,9-10,13,15H,3,8H2,1-2H3. The van der Waals surface area contributed by atoms with E-state index in [1.54, 1.807) is 12.1 Å². The van der Waals surface area contributed by atoms with Crippen LogP contribution < -0.4 is 5.32 Å². The van der Waals surface area contributed by atoms with Crippen LogP contribution >= 0.6 is 11.8 Å². The van der Waals surface area contributed by atoms with Crippen molar-refractivity contribution in [2.24, 2.45) is 0 Å². The second-order valence-corrected chi connectivity index (χ2v) is 5.72. The molecule has 1 saturated heterocycles. The lowest BCUT2D eigenvalue weighted by atomic mass is 10.0. The predicted molar refractivity (Wildman–Crippen MR) is 68.3 cm³/mol. The van der Waals surface area contributed by atoms with Crippen molar-refractivity contribution in [3.8, 4) is 0 Å². The van der Waals surface area contributed by atoms with Crippen LogP contribution in [0.15, 0.2) is 24.3 Å². The van der Waals surface area contributed by atoms with Crippen LogP contribution in [0.3, 0.4) is 0 Å². The molecule has 0 spiro atoms. The molecule has 0 bridgehead atoms. The van der Waals surface area contributed by atoms with E-state index in [1.165, 1.54) is 0 Å². The Bertz CT molecular complexity index is 356. The Hall–Kier alpha value is -0.540. The fourth-order valence-corrected chi connectivity index (χ4v) is 3.39. The van der Waals surface area contributed by atoms with Crippen molar-refractivity contribution in [2.75, 3.05) is 5.75 Å². The van der Waals surface area contributed by atoms with Gasteiger partial charge >= 0.3 is 0 Å². The molecule has 0 radical (unpaired) electrons. The van der Waals surface area contributed by atoms with E-state index in [2.05, 4.69) is 19.2 Å². The van der Waals surface area contributed by atoms with Crippen LogP contribution in [0.1, 0.15) is 31.9 Å². The summed E-state index contributed by atoms with van der Waals surface area (Å²) in [6.07, 6.45) is 1.10. The molecule has 1 aliphatic heterocycles. The molecular weight excluding hydrogens is 221 g/mol. The maximum atomic E-state index is 13.7. The molecule has 1 N–H and O–H groups in total. The largest absolute Gasteiger partial charge is 0.305 e. The molecule has 0 aromatic heterocycles. The van der Waals surface area contributed by atoms with E-state index in [1.807, 2.05) is 23.9 Å². The first-order valence-electron chi connectivity index (χ1n) is 5.84. The third-order valence-corrected chi connectivity index (χ3v) is 4.57. The highest BCUT2D eigenvalue weighted by atomic mass is 32.2. The van der Waals surface area contributed by atoms with Gasteiger partial charge in [-0.15, -0.1) is 0 Å². The fraction of sp³-hybridized carbons (Fsp3) is 0.538. The van der Waals surface area contributed by atoms with Gasteiger partial charge in [0.1, 0.15) is 5.82 Å². The van der Waals surface area contributed by atoms with Crippen LogP contribution in [0, 0.1) is 5.82 Å². The second kappa shape index (κ2) is 5.19. The minimum Gasteiger partial charge on any atom is -0.305 e. The van der Waals surface area contributed by atoms with Crippen molar-refractivity contribution in [3.63, 3.8) is 0 Å². The zero-order chi connectivity index (χ0) is 11.5. The van der Waals surface area contributed by atoms with Crippen LogP contribution in [0.25, 0.3) is 0 Å². The molecule has 3 atom stereocenters. The van der Waals surface area contributed by atoms with Gasteiger partial charge in [0.2, 0.25) is 0 Å². The summed E-state index contributed by atoms with van der Waals surface area (Å²) in [6, 6.07) is 7.74. The lowest BCUT2D eigenvalue weighted by Crippen LogP contribution is -2.43. The maximum Gasteiger partial charge on any atom is 0.128 e. The summed E-state index contributed by atoms with van der Waals surface area (Å²) in [6.45, 7) is 4.34. The molecule has 1 fully saturated rings. The average molecular weight is 239 g/mol. The summed E-state index contributed by atoms with van der Waals surface area (Å²) in [7, 11) is 0. The van der Waals surface area contributed by atoms with Crippen LogP contribution in [0.5, 0.6) is 0 Å². The van der Waals surface area contributed by atoms with Gasteiger partial charge in [-0.1, -0.05) is 32.0 Å². The van der Waals surface area contributed by atoms with E-state index in [0.717, 1.165) is 17.7 Å². The first-order valence-corrected chi connectivity index (χ1v) is 6.89. The zero-order valence-electron chi connectivity index (χ0n) is 9.74. The molecule has 16 heavy (non-hydrogen) atoms. The van der Waals surface area contributed by atoms with Gasteiger partial charge in [-0.3, -0.25) is 0 Å². The highest BCUT2D eigenvalue weighted by Crippen LogP contribution is 2.33. The van der Waals surface area contributed by atoms with Crippen LogP contribution in [-0.2, 0) is 0 Å². The van der Waals surface area contributed by atoms with Gasteiger partial charge in [0.25, 0.3) is 0 Å². The number of hydrogen-bond acceptors (Lipinski definition) is 2. The maximum absolute atomic E-state index is 13.7. The van der Waals surface area contributed by atoms with Gasteiger partial charge in [0.05, 0.1) is 0 Å². The van der Waals surface area contributed by atoms with Crippen LogP contribution in [0.4, 0.5) is 4.39 Å². The van der Waals surface area contributed by atoms with Crippen molar-refractivity contribution < 1.29 is 4.39 Å². The lowest BCUT2D eigenvalue weighted by Gasteiger charge is -2.35. The summed E-state index contributed by atoms with van der Waals surface area (Å²) < 4.78 is 13.7. The quantitative estimate of drug-likeness (QED) is 0.849. The zero-order valence-corrected chi connectivity index (χ0v) is 10.6. The topological polar surface area (TPSA) is 12.0 Å². The third-order valence-electron chi connectivity index (χ3n) is 3.18. The van der Waals surface area contributed by atoms with E-state index in [9.17, 15) is 4.39 Å². The summed E-state index contributed by atoms with van der Waals surface area (Å²) in [5, 5.41) is 3.98. The Kier molecular flexibility index (Phi) is 3.87. The fourth-order valence-electron chi connectivity index (χ4n) is 2.11. The number of nitrogens with one attached hydrogen (secondary N) is 1. The molecule has 88 valence electrons. The Labute approximate surface area is 101 Å². The monoisotopic (exact) mass is 239 g/mol. The molecule has 1 heterocycles. The number of benzene rings is 1. The third kappa shape index (κ3) is 2.41. The molecule has 1 nitrogen and oxygen atoms in total. The van der Waals surface area contributed by atoms with E-state index in [-0.39, 0.29) is 11.9 Å². The molecule has 2 rings (SSSR count). The number of hydrogen-bond donors (Lipinski definition) is 1. The van der Waals surface area contributed by atoms with Gasteiger partial charge in [-0.2, -0.15) is 11.8 Å². The van der Waals surface area contributed by atoms with Gasteiger partial charge in [0.15, 0.2) is 0 Å². The number of rotatable bonds is 2. The molecule has 0 saturated carbocycles. The highest BCUT2D eigenvalue weighted by molar-refractivity contribution is 8.00. The van der Waals surface area contributed by atoms with Crippen molar-refractivity contribution in [2.45, 2.75) is 37.6 Å². The minimum atomic E-state index is -0.0933. The second-order valence-electron chi connectivity index (χ2n) is 4.31. The van der Waals surface area contributed by atoms with Crippen LogP contribution in [0.2, 0.25) is 0 Å². The van der Waals surface area contributed by atoms with Crippen LogP contribution in [-0.4, -0.2) is 17.0 Å². The minimum absolute atomic E-state index is 0.0933. The van der Waals surface area contributed by atoms with E-state index >= 15 is 0 Å². The van der Waals surface area contributed by atoms with Gasteiger partial charge in [-0.25, -0.2) is 4.39 Å². The average Bonchev–Trinajstić information content (AvgIpc) is 2.31. The molecule has 3 heteroatoms. The van der Waals surface area contributed by atoms with E-state index in [0.29, 0.717) is 11.3 Å². The smallest absolute Gasteiger partial charge is 0.128 e. The summed E-state index contributed by atoms with van der Waals surface area (Å²) in [4.78, 5) is 0. The van der Waals surface area contributed by atoms with Gasteiger partial charge in [-0.05, 0) is 12.5 Å². The van der Waals surface area contributed by atoms with E-state index < -0.39 is 0 Å². The Balaban J connectivity index is 2.21. The van der Waals surface area contributed by atoms with Gasteiger partial charge < -0.3 is 5.32 Å².